The fraction of sp³-hybridized carbons (Fsp3) is 0.727. The number of rotatable bonds is 9. The highest BCUT2D eigenvalue weighted by atomic mass is 15.1. The van der Waals surface area contributed by atoms with E-state index < -0.39 is 0 Å². The van der Waals surface area contributed by atoms with E-state index in [4.69, 9.17) is 5.73 Å². The van der Waals surface area contributed by atoms with E-state index >= 15 is 0 Å². The lowest BCUT2D eigenvalue weighted by Crippen LogP contribution is -2.35. The zero-order valence-corrected chi connectivity index (χ0v) is 16.1. The molecule has 0 heterocycles. The van der Waals surface area contributed by atoms with Gasteiger partial charge in [-0.1, -0.05) is 56.5 Å². The van der Waals surface area contributed by atoms with Gasteiger partial charge in [0.1, 0.15) is 0 Å². The molecule has 1 fully saturated rings. The second-order valence-electron chi connectivity index (χ2n) is 7.99. The number of aryl methyl sites for hydroxylation is 1. The lowest BCUT2D eigenvalue weighted by molar-refractivity contribution is 0.153. The molecule has 0 aliphatic heterocycles. The smallest absolute Gasteiger partial charge is 0.0234 e. The van der Waals surface area contributed by atoms with Crippen LogP contribution in [0.1, 0.15) is 63.5 Å². The van der Waals surface area contributed by atoms with Gasteiger partial charge in [-0.25, -0.2) is 0 Å². The Morgan fingerprint density at radius 3 is 2.33 bits per heavy atom. The standard InChI is InChI=1S/C22H38N2/c1-4-19(5-2)15-24(17-22-8-6-7-18(3)13-22)16-21-11-9-20(14-23)10-12-21/h6-8,13,19-21H,4-5,9-12,14-17,23H2,1-3H3. The van der Waals surface area contributed by atoms with Gasteiger partial charge in [0.15, 0.2) is 0 Å². The molecule has 2 nitrogen and oxygen atoms in total. The van der Waals surface area contributed by atoms with Gasteiger partial charge in [0.2, 0.25) is 0 Å². The maximum absolute atomic E-state index is 5.86. The Labute approximate surface area is 149 Å². The number of nitrogens with zero attached hydrogens (tertiary/aromatic N) is 1. The minimum atomic E-state index is 0.783. The summed E-state index contributed by atoms with van der Waals surface area (Å²) in [6, 6.07) is 9.04. The fourth-order valence-electron chi connectivity index (χ4n) is 4.20. The third-order valence-corrected chi connectivity index (χ3v) is 5.98. The van der Waals surface area contributed by atoms with E-state index in [-0.39, 0.29) is 0 Å². The first-order valence-electron chi connectivity index (χ1n) is 10.1. The van der Waals surface area contributed by atoms with E-state index in [2.05, 4.69) is 49.9 Å². The second-order valence-corrected chi connectivity index (χ2v) is 7.99. The molecule has 136 valence electrons. The molecule has 0 amide bonds. The Kier molecular flexibility index (Phi) is 8.28. The molecular weight excluding hydrogens is 292 g/mol. The Balaban J connectivity index is 1.97. The molecule has 1 saturated carbocycles. The molecule has 1 aromatic rings. The summed E-state index contributed by atoms with van der Waals surface area (Å²) in [4.78, 5) is 2.74. The van der Waals surface area contributed by atoms with Gasteiger partial charge >= 0.3 is 0 Å². The predicted octanol–water partition coefficient (Wildman–Crippen LogP) is 5.00. The van der Waals surface area contributed by atoms with Gasteiger partial charge in [0.25, 0.3) is 0 Å². The van der Waals surface area contributed by atoms with Crippen molar-refractivity contribution in [3.8, 4) is 0 Å². The average molecular weight is 331 g/mol. The summed E-state index contributed by atoms with van der Waals surface area (Å²) in [5, 5.41) is 0. The Hall–Kier alpha value is -0.860. The first kappa shape index (κ1) is 19.5. The van der Waals surface area contributed by atoms with Crippen LogP contribution in [0.2, 0.25) is 0 Å². The van der Waals surface area contributed by atoms with Crippen molar-refractivity contribution in [3.63, 3.8) is 0 Å². The van der Waals surface area contributed by atoms with Gasteiger partial charge in [-0.2, -0.15) is 0 Å². The quantitative estimate of drug-likeness (QED) is 0.690. The van der Waals surface area contributed by atoms with Crippen LogP contribution in [-0.2, 0) is 6.54 Å². The van der Waals surface area contributed by atoms with Crippen LogP contribution in [0.25, 0.3) is 0 Å². The zero-order chi connectivity index (χ0) is 17.4. The lowest BCUT2D eigenvalue weighted by atomic mass is 9.81. The number of nitrogens with two attached hydrogens (primary N) is 1. The van der Waals surface area contributed by atoms with Crippen LogP contribution in [0.4, 0.5) is 0 Å². The molecule has 2 rings (SSSR count). The van der Waals surface area contributed by atoms with E-state index in [0.717, 1.165) is 30.8 Å². The normalized spacial score (nSPS) is 21.6. The van der Waals surface area contributed by atoms with Crippen LogP contribution in [0.15, 0.2) is 24.3 Å². The average Bonchev–Trinajstić information content (AvgIpc) is 2.60. The predicted molar refractivity (Wildman–Crippen MR) is 105 cm³/mol. The first-order valence-corrected chi connectivity index (χ1v) is 10.1. The third kappa shape index (κ3) is 6.22. The SMILES string of the molecule is CCC(CC)CN(Cc1cccc(C)c1)CC1CCC(CN)CC1. The molecule has 24 heavy (non-hydrogen) atoms. The molecule has 1 aliphatic rings. The largest absolute Gasteiger partial charge is 0.330 e. The monoisotopic (exact) mass is 330 g/mol. The van der Waals surface area contributed by atoms with Crippen LogP contribution in [0, 0.1) is 24.7 Å². The topological polar surface area (TPSA) is 29.3 Å². The minimum absolute atomic E-state index is 0.783. The van der Waals surface area contributed by atoms with Crippen molar-refractivity contribution in [2.24, 2.45) is 23.5 Å². The van der Waals surface area contributed by atoms with Crippen LogP contribution in [-0.4, -0.2) is 24.5 Å². The molecule has 0 atom stereocenters. The zero-order valence-electron chi connectivity index (χ0n) is 16.1. The van der Waals surface area contributed by atoms with Crippen molar-refractivity contribution in [1.82, 2.24) is 4.90 Å². The number of benzene rings is 1. The molecule has 0 radical (unpaired) electrons. The molecular formula is C22H38N2. The van der Waals surface area contributed by atoms with Crippen LogP contribution < -0.4 is 5.73 Å². The van der Waals surface area contributed by atoms with E-state index in [1.807, 2.05) is 0 Å². The van der Waals surface area contributed by atoms with E-state index in [1.165, 1.54) is 62.7 Å². The lowest BCUT2D eigenvalue weighted by Gasteiger charge is -2.34. The molecule has 0 saturated heterocycles. The summed E-state index contributed by atoms with van der Waals surface area (Å²) in [7, 11) is 0. The summed E-state index contributed by atoms with van der Waals surface area (Å²) < 4.78 is 0. The molecule has 1 aliphatic carbocycles. The summed E-state index contributed by atoms with van der Waals surface area (Å²) in [6.07, 6.45) is 8.00. The molecule has 2 N–H and O–H groups in total. The minimum Gasteiger partial charge on any atom is -0.330 e. The van der Waals surface area contributed by atoms with Crippen LogP contribution in [0.5, 0.6) is 0 Å². The van der Waals surface area contributed by atoms with E-state index in [0.29, 0.717) is 0 Å². The Bertz CT molecular complexity index is 459. The van der Waals surface area contributed by atoms with Crippen molar-refractivity contribution in [2.45, 2.75) is 65.8 Å². The van der Waals surface area contributed by atoms with Gasteiger partial charge in [0.05, 0.1) is 0 Å². The molecule has 0 bridgehead atoms. The molecule has 2 heteroatoms. The molecule has 0 aromatic heterocycles. The number of hydrogen-bond donors (Lipinski definition) is 1. The maximum atomic E-state index is 5.86. The summed E-state index contributed by atoms with van der Waals surface area (Å²) in [5.41, 5.74) is 8.70. The van der Waals surface area contributed by atoms with Crippen molar-refractivity contribution in [3.05, 3.63) is 35.4 Å². The van der Waals surface area contributed by atoms with Gasteiger partial charge in [-0.05, 0) is 62.5 Å². The van der Waals surface area contributed by atoms with Gasteiger partial charge in [-0.3, -0.25) is 4.90 Å². The Morgan fingerprint density at radius 2 is 1.75 bits per heavy atom. The highest BCUT2D eigenvalue weighted by molar-refractivity contribution is 5.22. The highest BCUT2D eigenvalue weighted by Crippen LogP contribution is 2.29. The second kappa shape index (κ2) is 10.2. The summed E-state index contributed by atoms with van der Waals surface area (Å²) in [6.45, 7) is 11.4. The summed E-state index contributed by atoms with van der Waals surface area (Å²) in [5.74, 6) is 2.48. The van der Waals surface area contributed by atoms with Gasteiger partial charge in [0, 0.05) is 19.6 Å². The Morgan fingerprint density at radius 1 is 1.08 bits per heavy atom. The third-order valence-electron chi connectivity index (χ3n) is 5.98. The van der Waals surface area contributed by atoms with E-state index in [9.17, 15) is 0 Å². The summed E-state index contributed by atoms with van der Waals surface area (Å²) >= 11 is 0. The fourth-order valence-corrected chi connectivity index (χ4v) is 4.20. The van der Waals surface area contributed by atoms with Crippen molar-refractivity contribution in [1.29, 1.82) is 0 Å². The molecule has 1 aromatic carbocycles. The van der Waals surface area contributed by atoms with Crippen molar-refractivity contribution < 1.29 is 0 Å². The van der Waals surface area contributed by atoms with E-state index in [1.54, 1.807) is 0 Å². The highest BCUT2D eigenvalue weighted by Gasteiger charge is 2.23. The van der Waals surface area contributed by atoms with Crippen molar-refractivity contribution >= 4 is 0 Å². The van der Waals surface area contributed by atoms with Gasteiger partial charge < -0.3 is 5.73 Å². The van der Waals surface area contributed by atoms with Gasteiger partial charge in [-0.15, -0.1) is 0 Å². The maximum Gasteiger partial charge on any atom is 0.0234 e. The van der Waals surface area contributed by atoms with Crippen LogP contribution >= 0.6 is 0 Å². The molecule has 0 spiro atoms. The van der Waals surface area contributed by atoms with Crippen LogP contribution in [0.3, 0.4) is 0 Å². The number of hydrogen-bond acceptors (Lipinski definition) is 2. The first-order chi connectivity index (χ1) is 11.6. The molecule has 0 unspecified atom stereocenters. The van der Waals surface area contributed by atoms with Crippen molar-refractivity contribution in [2.75, 3.05) is 19.6 Å².